The maximum Gasteiger partial charge on any atom is 0.310 e. The van der Waals surface area contributed by atoms with Crippen LogP contribution in [0, 0.1) is 34.8 Å². The summed E-state index contributed by atoms with van der Waals surface area (Å²) in [4.78, 5) is 22.1. The number of nitrogens with one attached hydrogen (secondary N) is 1. The molecule has 2 aromatic carbocycles. The van der Waals surface area contributed by atoms with Gasteiger partial charge in [-0.25, -0.2) is 9.37 Å². The molecule has 0 radical (unpaired) electrons. The number of aromatic nitrogens is 1. The molecule has 6 rings (SSSR count). The number of fused-ring (bicyclic) bond motifs is 2. The molecule has 0 saturated heterocycles. The summed E-state index contributed by atoms with van der Waals surface area (Å²) in [6.07, 6.45) is 2.83. The summed E-state index contributed by atoms with van der Waals surface area (Å²) in [6, 6.07) is 8.52. The van der Waals surface area contributed by atoms with E-state index in [0.717, 1.165) is 25.5 Å². The van der Waals surface area contributed by atoms with Crippen LogP contribution in [0.4, 0.5) is 8.78 Å². The highest BCUT2D eigenvalue weighted by molar-refractivity contribution is 6.02. The van der Waals surface area contributed by atoms with Crippen LogP contribution in [-0.2, 0) is 4.79 Å². The molecule has 5 N–H and O–H groups in total. The van der Waals surface area contributed by atoms with Crippen LogP contribution in [-0.4, -0.2) is 64.0 Å². The lowest BCUT2D eigenvalue weighted by Crippen LogP contribution is -2.38. The zero-order chi connectivity index (χ0) is 30.4. The average Bonchev–Trinajstić information content (AvgIpc) is 3.70. The molecule has 4 atom stereocenters. The molecule has 13 heteroatoms. The van der Waals surface area contributed by atoms with Crippen molar-refractivity contribution < 1.29 is 38.0 Å². The van der Waals surface area contributed by atoms with Crippen molar-refractivity contribution in [1.29, 1.82) is 5.41 Å². The molecule has 2 saturated carbocycles. The van der Waals surface area contributed by atoms with Gasteiger partial charge < -0.3 is 35.1 Å². The van der Waals surface area contributed by atoms with Crippen molar-refractivity contribution in [3.8, 4) is 34.6 Å². The van der Waals surface area contributed by atoms with Gasteiger partial charge in [-0.3, -0.25) is 15.2 Å². The van der Waals surface area contributed by atoms with Gasteiger partial charge in [-0.15, -0.1) is 0 Å². The van der Waals surface area contributed by atoms with Gasteiger partial charge in [0, 0.05) is 19.2 Å². The summed E-state index contributed by atoms with van der Waals surface area (Å²) in [6.45, 7) is 1.12. The molecule has 2 fully saturated rings. The first-order chi connectivity index (χ1) is 20.6. The number of amidine groups is 2. The number of rotatable bonds is 9. The summed E-state index contributed by atoms with van der Waals surface area (Å²) in [7, 11) is 1.82. The Morgan fingerprint density at radius 2 is 1.91 bits per heavy atom. The molecule has 3 aliphatic rings. The Hall–Kier alpha value is -4.94. The van der Waals surface area contributed by atoms with E-state index in [1.807, 2.05) is 11.9 Å². The van der Waals surface area contributed by atoms with Gasteiger partial charge >= 0.3 is 5.97 Å². The molecular formula is C30H29F2N5O6. The zero-order valence-electron chi connectivity index (χ0n) is 23.1. The molecule has 0 amide bonds. The van der Waals surface area contributed by atoms with Crippen LogP contribution in [0.5, 0.6) is 34.6 Å². The van der Waals surface area contributed by atoms with Crippen molar-refractivity contribution in [1.82, 2.24) is 9.88 Å². The van der Waals surface area contributed by atoms with Gasteiger partial charge in [0.25, 0.3) is 5.88 Å². The fraction of sp³-hybridized carbons (Fsp3) is 0.333. The Bertz CT molecular complexity index is 1650. The maximum atomic E-state index is 15.6. The Morgan fingerprint density at radius 3 is 2.63 bits per heavy atom. The second kappa shape index (κ2) is 11.0. The zero-order valence-corrected chi connectivity index (χ0v) is 23.1. The molecule has 43 heavy (non-hydrogen) atoms. The van der Waals surface area contributed by atoms with Crippen LogP contribution in [0.3, 0.4) is 0 Å². The standard InChI is InChI=1S/C30H29F2N5O6/c1-37-9-8-35-28(37)18-12-17(41-25-15-3-2-14(10-15)23(25)30(39)40)5-7-21(18)42-26-19(31)13-36-29(24(26)32)43-22-11-16(27(33)34)4-6-20(22)38/h4-7,11-15,23,25,38H,2-3,8-10H2,1H3,(H3,33,34)(H,39,40). The number of benzene rings is 2. The van der Waals surface area contributed by atoms with Crippen molar-refractivity contribution >= 4 is 17.6 Å². The Balaban J connectivity index is 1.33. The minimum Gasteiger partial charge on any atom is -0.504 e. The van der Waals surface area contributed by atoms with Crippen LogP contribution in [0.1, 0.15) is 30.4 Å². The number of aromatic hydroxyl groups is 1. The number of hydrogen-bond donors (Lipinski definition) is 4. The molecular weight excluding hydrogens is 564 g/mol. The quantitative estimate of drug-likeness (QED) is 0.207. The number of ether oxygens (including phenoxy) is 3. The van der Waals surface area contributed by atoms with Gasteiger partial charge in [-0.1, -0.05) is 0 Å². The summed E-state index contributed by atoms with van der Waals surface area (Å²) in [5.74, 6) is -5.06. The number of phenols is 1. The van der Waals surface area contributed by atoms with Crippen molar-refractivity contribution in [2.24, 2.45) is 28.5 Å². The van der Waals surface area contributed by atoms with Gasteiger partial charge in [0.2, 0.25) is 11.6 Å². The number of carboxylic acids is 1. The van der Waals surface area contributed by atoms with Crippen molar-refractivity contribution in [3.05, 3.63) is 65.4 Å². The van der Waals surface area contributed by atoms with E-state index in [1.54, 1.807) is 12.1 Å². The molecule has 4 unspecified atom stereocenters. The molecule has 2 bridgehead atoms. The van der Waals surface area contributed by atoms with Crippen LogP contribution in [0.2, 0.25) is 0 Å². The number of nitrogen functional groups attached to an aromatic ring is 1. The lowest BCUT2D eigenvalue weighted by atomic mass is 9.86. The summed E-state index contributed by atoms with van der Waals surface area (Å²) in [5.41, 5.74) is 6.10. The second-order valence-electron chi connectivity index (χ2n) is 10.9. The summed E-state index contributed by atoms with van der Waals surface area (Å²) >= 11 is 0. The smallest absolute Gasteiger partial charge is 0.310 e. The number of aliphatic carboxylic acids is 1. The normalized spacial score (nSPS) is 22.4. The molecule has 11 nitrogen and oxygen atoms in total. The summed E-state index contributed by atoms with van der Waals surface area (Å²) < 4.78 is 48.0. The van der Waals surface area contributed by atoms with E-state index in [9.17, 15) is 19.4 Å². The van der Waals surface area contributed by atoms with Crippen molar-refractivity contribution in [2.75, 3.05) is 20.1 Å². The Morgan fingerprint density at radius 1 is 1.12 bits per heavy atom. The molecule has 224 valence electrons. The van der Waals surface area contributed by atoms with Crippen molar-refractivity contribution in [2.45, 2.75) is 25.4 Å². The van der Waals surface area contributed by atoms with E-state index >= 15 is 4.39 Å². The second-order valence-corrected chi connectivity index (χ2v) is 10.9. The Kier molecular flexibility index (Phi) is 7.24. The van der Waals surface area contributed by atoms with Crippen LogP contribution in [0.25, 0.3) is 0 Å². The first-order valence-electron chi connectivity index (χ1n) is 13.8. The number of aliphatic imine (C=N–C) groups is 1. The molecule has 3 aromatic rings. The minimum absolute atomic E-state index is 0.0685. The number of phenolic OH excluding ortho intramolecular Hbond substituents is 1. The third-order valence-corrected chi connectivity index (χ3v) is 8.24. The van der Waals surface area contributed by atoms with E-state index in [1.165, 1.54) is 24.3 Å². The highest BCUT2D eigenvalue weighted by Crippen LogP contribution is 2.50. The van der Waals surface area contributed by atoms with Gasteiger partial charge in [0.1, 0.15) is 29.3 Å². The molecule has 2 aliphatic carbocycles. The maximum absolute atomic E-state index is 15.6. The highest BCUT2D eigenvalue weighted by Gasteiger charge is 2.52. The first-order valence-corrected chi connectivity index (χ1v) is 13.8. The highest BCUT2D eigenvalue weighted by atomic mass is 19.1. The third-order valence-electron chi connectivity index (χ3n) is 8.24. The summed E-state index contributed by atoms with van der Waals surface area (Å²) in [5, 5.41) is 27.6. The largest absolute Gasteiger partial charge is 0.504 e. The fourth-order valence-corrected chi connectivity index (χ4v) is 6.15. The van der Waals surface area contributed by atoms with E-state index in [2.05, 4.69) is 9.98 Å². The number of nitrogens with zero attached hydrogens (tertiary/aromatic N) is 3. The van der Waals surface area contributed by atoms with Gasteiger partial charge in [0.15, 0.2) is 17.3 Å². The van der Waals surface area contributed by atoms with Crippen LogP contribution >= 0.6 is 0 Å². The minimum atomic E-state index is -1.27. The van der Waals surface area contributed by atoms with Crippen LogP contribution in [0.15, 0.2) is 47.6 Å². The monoisotopic (exact) mass is 593 g/mol. The number of likely N-dealkylation sites (N-methyl/N-ethyl adjacent to an activating group) is 1. The van der Waals surface area contributed by atoms with E-state index in [4.69, 9.17) is 25.4 Å². The lowest BCUT2D eigenvalue weighted by Gasteiger charge is -2.29. The predicted octanol–water partition coefficient (Wildman–Crippen LogP) is 4.50. The number of carbonyl (C=O) groups is 1. The molecule has 1 aliphatic heterocycles. The molecule has 0 spiro atoms. The number of carboxylic acid groups (broad SMARTS) is 1. The van der Waals surface area contributed by atoms with Gasteiger partial charge in [-0.05, 0) is 67.5 Å². The third kappa shape index (κ3) is 5.26. The fourth-order valence-electron chi connectivity index (χ4n) is 6.15. The van der Waals surface area contributed by atoms with Crippen molar-refractivity contribution in [3.63, 3.8) is 0 Å². The van der Waals surface area contributed by atoms with E-state index in [0.29, 0.717) is 30.2 Å². The number of nitrogens with two attached hydrogens (primary N) is 1. The average molecular weight is 594 g/mol. The van der Waals surface area contributed by atoms with E-state index < -0.39 is 41.3 Å². The molecule has 2 heterocycles. The number of hydrogen-bond acceptors (Lipinski definition) is 9. The van der Waals surface area contributed by atoms with Crippen LogP contribution < -0.4 is 19.9 Å². The SMILES string of the molecule is CN1CCN=C1c1cc(OC2C3CCC(C3)C2C(=O)O)ccc1Oc1c(F)cnc(Oc2cc(C(=N)N)ccc2O)c1F. The topological polar surface area (TPSA) is 164 Å². The number of pyridine rings is 1. The first kappa shape index (κ1) is 28.2. The lowest BCUT2D eigenvalue weighted by molar-refractivity contribution is -0.147. The number of halogens is 2. The van der Waals surface area contributed by atoms with Gasteiger partial charge in [-0.2, -0.15) is 4.39 Å². The van der Waals surface area contributed by atoms with E-state index in [-0.39, 0.29) is 40.5 Å². The predicted molar refractivity (Wildman–Crippen MR) is 150 cm³/mol. The molecule has 1 aromatic heterocycles. The Labute approximate surface area is 245 Å². The van der Waals surface area contributed by atoms with Gasteiger partial charge in [0.05, 0.1) is 24.2 Å².